The summed E-state index contributed by atoms with van der Waals surface area (Å²) in [6, 6.07) is 15.6. The molecule has 1 saturated carbocycles. The van der Waals surface area contributed by atoms with Crippen LogP contribution >= 0.6 is 0 Å². The van der Waals surface area contributed by atoms with Gasteiger partial charge >= 0.3 is 0 Å². The van der Waals surface area contributed by atoms with Crippen LogP contribution in [0.2, 0.25) is 0 Å². The number of ether oxygens (including phenoxy) is 4. The summed E-state index contributed by atoms with van der Waals surface area (Å²) in [4.78, 5) is 0. The van der Waals surface area contributed by atoms with E-state index in [4.69, 9.17) is 18.9 Å². The van der Waals surface area contributed by atoms with Crippen molar-refractivity contribution in [2.75, 3.05) is 13.2 Å². The van der Waals surface area contributed by atoms with E-state index in [2.05, 4.69) is 0 Å². The van der Waals surface area contributed by atoms with Crippen LogP contribution in [-0.4, -0.2) is 19.0 Å². The lowest BCUT2D eigenvalue weighted by Crippen LogP contribution is -2.40. The van der Waals surface area contributed by atoms with Gasteiger partial charge in [-0.2, -0.15) is 0 Å². The van der Waals surface area contributed by atoms with Crippen molar-refractivity contribution >= 4 is 0 Å². The molecule has 1 fully saturated rings. The van der Waals surface area contributed by atoms with E-state index in [-0.39, 0.29) is 5.79 Å². The molecule has 2 aromatic carbocycles. The van der Waals surface area contributed by atoms with Gasteiger partial charge in [0.05, 0.1) is 0 Å². The van der Waals surface area contributed by atoms with E-state index in [1.54, 1.807) is 0 Å². The average Bonchev–Trinajstić information content (AvgIpc) is 3.08. The van der Waals surface area contributed by atoms with Gasteiger partial charge in [-0.05, 0) is 37.1 Å². The fourth-order valence-electron chi connectivity index (χ4n) is 3.33. The fourth-order valence-corrected chi connectivity index (χ4v) is 3.33. The maximum Gasteiger partial charge on any atom is 0.251 e. The number of fused-ring (bicyclic) bond motifs is 2. The number of para-hydroxylation sites is 4. The van der Waals surface area contributed by atoms with E-state index < -0.39 is 0 Å². The van der Waals surface area contributed by atoms with Crippen molar-refractivity contribution in [3.63, 3.8) is 0 Å². The molecular weight excluding hydrogens is 328 g/mol. The van der Waals surface area contributed by atoms with Crippen molar-refractivity contribution < 1.29 is 18.9 Å². The van der Waals surface area contributed by atoms with Gasteiger partial charge in [-0.25, -0.2) is 0 Å². The number of hydrogen-bond donors (Lipinski definition) is 0. The molecule has 5 rings (SSSR count). The first-order valence-electron chi connectivity index (χ1n) is 9.66. The molecule has 0 N–H and O–H groups in total. The van der Waals surface area contributed by atoms with Crippen molar-refractivity contribution in [2.45, 2.75) is 51.7 Å². The van der Waals surface area contributed by atoms with Gasteiger partial charge in [0, 0.05) is 12.8 Å². The second-order valence-corrected chi connectivity index (χ2v) is 6.27. The highest BCUT2D eigenvalue weighted by molar-refractivity contribution is 5.43. The zero-order chi connectivity index (χ0) is 18.2. The Balaban J connectivity index is 0.000000144. The van der Waals surface area contributed by atoms with E-state index in [0.717, 1.165) is 35.8 Å². The molecule has 1 aliphatic carbocycles. The molecule has 3 aliphatic rings. The predicted molar refractivity (Wildman–Crippen MR) is 102 cm³/mol. The summed E-state index contributed by atoms with van der Waals surface area (Å²) in [7, 11) is 0. The average molecular weight is 356 g/mol. The quantitative estimate of drug-likeness (QED) is 0.615. The Labute approximate surface area is 156 Å². The summed E-state index contributed by atoms with van der Waals surface area (Å²) in [5, 5.41) is 0. The molecule has 0 saturated heterocycles. The van der Waals surface area contributed by atoms with Crippen LogP contribution in [0.25, 0.3) is 0 Å². The minimum absolute atomic E-state index is 0.318. The first kappa shape index (κ1) is 18.4. The van der Waals surface area contributed by atoms with Gasteiger partial charge in [-0.3, -0.25) is 0 Å². The summed E-state index contributed by atoms with van der Waals surface area (Å²) >= 11 is 0. The standard InChI is InChI=1S/C12H14O2.C8H8O2.C2H6/c1-4-8-12(9-5-1)13-10-6-2-3-7-11(10)14-12;1-2-4-8-7(3-1)9-5-6-10-8;1-2/h2-3,6-7H,1,4-5,8-9H2;1-4H,5-6H2;1-2H3. The summed E-state index contributed by atoms with van der Waals surface area (Å²) in [5.74, 6) is 3.22. The largest absolute Gasteiger partial charge is 0.486 e. The molecule has 4 heteroatoms. The summed E-state index contributed by atoms with van der Waals surface area (Å²) in [6.07, 6.45) is 5.80. The van der Waals surface area contributed by atoms with E-state index in [0.29, 0.717) is 13.2 Å². The number of benzene rings is 2. The molecule has 2 aliphatic heterocycles. The Morgan fingerprint density at radius 1 is 0.615 bits per heavy atom. The SMILES string of the molecule is CC.c1ccc2c(c1)OC1(CCCCC1)O2.c1ccc2c(c1)OCCO2. The minimum Gasteiger partial charge on any atom is -0.486 e. The number of hydrogen-bond acceptors (Lipinski definition) is 4. The van der Waals surface area contributed by atoms with Crippen LogP contribution < -0.4 is 18.9 Å². The van der Waals surface area contributed by atoms with Crippen molar-refractivity contribution in [1.29, 1.82) is 0 Å². The molecule has 4 nitrogen and oxygen atoms in total. The second kappa shape index (κ2) is 8.84. The molecule has 0 bridgehead atoms. The first-order chi connectivity index (χ1) is 12.8. The van der Waals surface area contributed by atoms with Crippen molar-refractivity contribution in [3.8, 4) is 23.0 Å². The monoisotopic (exact) mass is 356 g/mol. The van der Waals surface area contributed by atoms with Gasteiger partial charge in [0.15, 0.2) is 23.0 Å². The van der Waals surface area contributed by atoms with Gasteiger partial charge in [0.1, 0.15) is 13.2 Å². The van der Waals surface area contributed by atoms with E-state index in [1.807, 2.05) is 62.4 Å². The molecule has 2 aromatic rings. The zero-order valence-corrected chi connectivity index (χ0v) is 15.7. The van der Waals surface area contributed by atoms with Crippen LogP contribution in [0.1, 0.15) is 46.0 Å². The van der Waals surface area contributed by atoms with Crippen LogP contribution in [0.15, 0.2) is 48.5 Å². The highest BCUT2D eigenvalue weighted by Crippen LogP contribution is 2.45. The summed E-state index contributed by atoms with van der Waals surface area (Å²) in [6.45, 7) is 5.33. The van der Waals surface area contributed by atoms with Gasteiger partial charge in [0.2, 0.25) is 0 Å². The molecule has 1 spiro atoms. The maximum absolute atomic E-state index is 5.91. The summed E-state index contributed by atoms with van der Waals surface area (Å²) in [5.41, 5.74) is 0. The Bertz CT molecular complexity index is 640. The molecule has 0 radical (unpaired) electrons. The normalized spacial score (nSPS) is 18.1. The van der Waals surface area contributed by atoms with Crippen LogP contribution in [-0.2, 0) is 0 Å². The lowest BCUT2D eigenvalue weighted by molar-refractivity contribution is -0.105. The Morgan fingerprint density at radius 2 is 1.04 bits per heavy atom. The van der Waals surface area contributed by atoms with Crippen molar-refractivity contribution in [1.82, 2.24) is 0 Å². The zero-order valence-electron chi connectivity index (χ0n) is 15.7. The summed E-state index contributed by atoms with van der Waals surface area (Å²) < 4.78 is 22.4. The second-order valence-electron chi connectivity index (χ2n) is 6.27. The predicted octanol–water partition coefficient (Wildman–Crippen LogP) is 5.60. The van der Waals surface area contributed by atoms with Crippen molar-refractivity contribution in [2.24, 2.45) is 0 Å². The molecule has 0 atom stereocenters. The van der Waals surface area contributed by atoms with E-state index in [1.165, 1.54) is 19.3 Å². The third-order valence-corrected chi connectivity index (χ3v) is 4.50. The highest BCUT2D eigenvalue weighted by Gasteiger charge is 2.42. The van der Waals surface area contributed by atoms with Crippen LogP contribution in [0.4, 0.5) is 0 Å². The third-order valence-electron chi connectivity index (χ3n) is 4.50. The molecule has 0 amide bonds. The fraction of sp³-hybridized carbons (Fsp3) is 0.455. The smallest absolute Gasteiger partial charge is 0.251 e. The lowest BCUT2D eigenvalue weighted by Gasteiger charge is -2.31. The van der Waals surface area contributed by atoms with Crippen LogP contribution in [0.3, 0.4) is 0 Å². The van der Waals surface area contributed by atoms with Gasteiger partial charge in [0.25, 0.3) is 5.79 Å². The molecule has 140 valence electrons. The topological polar surface area (TPSA) is 36.9 Å². The Hall–Kier alpha value is -2.36. The van der Waals surface area contributed by atoms with Gasteiger partial charge in [-0.1, -0.05) is 44.5 Å². The van der Waals surface area contributed by atoms with Crippen molar-refractivity contribution in [3.05, 3.63) is 48.5 Å². The first-order valence-corrected chi connectivity index (χ1v) is 9.66. The highest BCUT2D eigenvalue weighted by atomic mass is 16.7. The van der Waals surface area contributed by atoms with E-state index >= 15 is 0 Å². The molecule has 0 aromatic heterocycles. The molecule has 2 heterocycles. The van der Waals surface area contributed by atoms with E-state index in [9.17, 15) is 0 Å². The van der Waals surface area contributed by atoms with Crippen LogP contribution in [0, 0.1) is 0 Å². The molecule has 26 heavy (non-hydrogen) atoms. The molecular formula is C22H28O4. The molecule has 0 unspecified atom stereocenters. The minimum atomic E-state index is -0.318. The van der Waals surface area contributed by atoms with Gasteiger partial charge < -0.3 is 18.9 Å². The Morgan fingerprint density at radius 3 is 1.50 bits per heavy atom. The van der Waals surface area contributed by atoms with Gasteiger partial charge in [-0.15, -0.1) is 0 Å². The third kappa shape index (κ3) is 4.24. The number of rotatable bonds is 0. The maximum atomic E-state index is 5.91. The van der Waals surface area contributed by atoms with Crippen LogP contribution in [0.5, 0.6) is 23.0 Å². The lowest BCUT2D eigenvalue weighted by atomic mass is 9.94. The Kier molecular flexibility index (Phi) is 6.26.